The SMILES string of the molecule is NCC(CCN(Cc1nc2ccccc2[nH]1)C1CCCc2cccnc21)c1ccccc1. The number of rotatable bonds is 8. The Labute approximate surface area is 189 Å². The van der Waals surface area contributed by atoms with Crippen molar-refractivity contribution in [3.63, 3.8) is 0 Å². The van der Waals surface area contributed by atoms with Crippen LogP contribution in [0.5, 0.6) is 0 Å². The van der Waals surface area contributed by atoms with Crippen LogP contribution < -0.4 is 5.73 Å². The molecule has 0 radical (unpaired) electrons. The van der Waals surface area contributed by atoms with Crippen LogP contribution in [0.3, 0.4) is 0 Å². The Kier molecular flexibility index (Phi) is 6.28. The van der Waals surface area contributed by atoms with Crippen molar-refractivity contribution in [2.45, 2.75) is 44.2 Å². The fraction of sp³-hybridized carbons (Fsp3) is 0.333. The van der Waals surface area contributed by atoms with E-state index in [2.05, 4.69) is 70.5 Å². The van der Waals surface area contributed by atoms with Crippen LogP contribution >= 0.6 is 0 Å². The first-order valence-corrected chi connectivity index (χ1v) is 11.7. The maximum absolute atomic E-state index is 6.20. The van der Waals surface area contributed by atoms with Gasteiger partial charge in [-0.3, -0.25) is 9.88 Å². The maximum Gasteiger partial charge on any atom is 0.121 e. The maximum atomic E-state index is 6.20. The second-order valence-electron chi connectivity index (χ2n) is 8.76. The number of nitrogens with two attached hydrogens (primary N) is 1. The number of hydrogen-bond donors (Lipinski definition) is 2. The van der Waals surface area contributed by atoms with Gasteiger partial charge in [-0.1, -0.05) is 48.5 Å². The van der Waals surface area contributed by atoms with E-state index >= 15 is 0 Å². The molecule has 0 saturated heterocycles. The van der Waals surface area contributed by atoms with Gasteiger partial charge < -0.3 is 10.7 Å². The minimum atomic E-state index is 0.308. The Morgan fingerprint density at radius 2 is 1.88 bits per heavy atom. The molecule has 5 rings (SSSR count). The van der Waals surface area contributed by atoms with Crippen molar-refractivity contribution in [1.82, 2.24) is 19.9 Å². The number of nitrogens with one attached hydrogen (secondary N) is 1. The number of aromatic nitrogens is 3. The quantitative estimate of drug-likeness (QED) is 0.418. The summed E-state index contributed by atoms with van der Waals surface area (Å²) < 4.78 is 0. The number of pyridine rings is 1. The van der Waals surface area contributed by atoms with Gasteiger partial charge >= 0.3 is 0 Å². The van der Waals surface area contributed by atoms with Gasteiger partial charge in [-0.25, -0.2) is 4.98 Å². The third-order valence-electron chi connectivity index (χ3n) is 6.72. The van der Waals surface area contributed by atoms with Crippen LogP contribution in [0.1, 0.15) is 53.9 Å². The van der Waals surface area contributed by atoms with Gasteiger partial charge in [-0.05, 0) is 74.0 Å². The standard InChI is InChI=1S/C27H31N5/c28-18-22(20-8-2-1-3-9-20)15-17-32(19-26-30-23-12-4-5-13-24(23)31-26)25-14-6-10-21-11-7-16-29-27(21)25/h1-5,7-9,11-13,16,22,25H,6,10,14-15,17-19,28H2,(H,30,31). The van der Waals surface area contributed by atoms with Crippen molar-refractivity contribution in [2.75, 3.05) is 13.1 Å². The highest BCUT2D eigenvalue weighted by molar-refractivity contribution is 5.74. The molecule has 2 aromatic heterocycles. The third kappa shape index (κ3) is 4.45. The van der Waals surface area contributed by atoms with E-state index in [-0.39, 0.29) is 0 Å². The molecule has 4 aromatic rings. The van der Waals surface area contributed by atoms with Crippen LogP contribution in [0.15, 0.2) is 72.9 Å². The Balaban J connectivity index is 1.42. The number of hydrogen-bond acceptors (Lipinski definition) is 4. The van der Waals surface area contributed by atoms with E-state index in [1.807, 2.05) is 12.3 Å². The lowest BCUT2D eigenvalue weighted by Gasteiger charge is -2.35. The second kappa shape index (κ2) is 9.63. The van der Waals surface area contributed by atoms with Crippen molar-refractivity contribution in [3.05, 3.63) is 95.6 Å². The van der Waals surface area contributed by atoms with Gasteiger partial charge in [0.05, 0.1) is 29.3 Å². The first-order chi connectivity index (χ1) is 15.8. The number of benzene rings is 2. The summed E-state index contributed by atoms with van der Waals surface area (Å²) in [6.07, 6.45) is 6.39. The molecule has 5 nitrogen and oxygen atoms in total. The molecule has 1 aliphatic rings. The number of fused-ring (bicyclic) bond motifs is 2. The topological polar surface area (TPSA) is 70.8 Å². The molecule has 32 heavy (non-hydrogen) atoms. The summed E-state index contributed by atoms with van der Waals surface area (Å²) in [5, 5.41) is 0. The van der Waals surface area contributed by atoms with E-state index in [1.165, 1.54) is 23.2 Å². The normalized spacial score (nSPS) is 16.9. The average molecular weight is 426 g/mol. The smallest absolute Gasteiger partial charge is 0.121 e. The largest absolute Gasteiger partial charge is 0.341 e. The molecule has 2 unspecified atom stereocenters. The molecule has 0 aliphatic heterocycles. The van der Waals surface area contributed by atoms with Gasteiger partial charge in [0.1, 0.15) is 5.82 Å². The molecule has 0 bridgehead atoms. The van der Waals surface area contributed by atoms with E-state index in [0.717, 1.165) is 49.2 Å². The molecule has 2 aromatic carbocycles. The van der Waals surface area contributed by atoms with Crippen molar-refractivity contribution >= 4 is 11.0 Å². The van der Waals surface area contributed by atoms with Crippen LogP contribution in [0.25, 0.3) is 11.0 Å². The lowest BCUT2D eigenvalue weighted by atomic mass is 9.90. The van der Waals surface area contributed by atoms with Crippen LogP contribution in [-0.2, 0) is 13.0 Å². The van der Waals surface area contributed by atoms with Gasteiger partial charge in [-0.2, -0.15) is 0 Å². The summed E-state index contributed by atoms with van der Waals surface area (Å²) in [6.45, 7) is 2.39. The Hall–Kier alpha value is -3.02. The van der Waals surface area contributed by atoms with Gasteiger partial charge in [0.25, 0.3) is 0 Å². The Morgan fingerprint density at radius 1 is 1.03 bits per heavy atom. The highest BCUT2D eigenvalue weighted by Crippen LogP contribution is 2.34. The minimum Gasteiger partial charge on any atom is -0.341 e. The molecule has 0 spiro atoms. The number of para-hydroxylation sites is 2. The summed E-state index contributed by atoms with van der Waals surface area (Å²) in [5.41, 5.74) is 12.3. The van der Waals surface area contributed by atoms with Crippen molar-refractivity contribution in [1.29, 1.82) is 0 Å². The molecule has 5 heteroatoms. The average Bonchev–Trinajstić information content (AvgIpc) is 3.26. The van der Waals surface area contributed by atoms with Gasteiger partial charge in [0.15, 0.2) is 0 Å². The van der Waals surface area contributed by atoms with E-state index in [9.17, 15) is 0 Å². The second-order valence-corrected chi connectivity index (χ2v) is 8.76. The number of H-pyrrole nitrogens is 1. The minimum absolute atomic E-state index is 0.308. The first-order valence-electron chi connectivity index (χ1n) is 11.7. The zero-order valence-corrected chi connectivity index (χ0v) is 18.5. The highest BCUT2D eigenvalue weighted by atomic mass is 15.2. The Bertz CT molecular complexity index is 1120. The predicted octanol–water partition coefficient (Wildman–Crippen LogP) is 4.97. The molecule has 3 N–H and O–H groups in total. The summed E-state index contributed by atoms with van der Waals surface area (Å²) in [6, 6.07) is 23.5. The molecular formula is C27H31N5. The third-order valence-corrected chi connectivity index (χ3v) is 6.72. The fourth-order valence-electron chi connectivity index (χ4n) is 5.03. The molecule has 0 saturated carbocycles. The molecule has 0 amide bonds. The van der Waals surface area contributed by atoms with Crippen LogP contribution in [0.4, 0.5) is 0 Å². The lowest BCUT2D eigenvalue weighted by Crippen LogP contribution is -2.34. The van der Waals surface area contributed by atoms with E-state index in [1.54, 1.807) is 0 Å². The van der Waals surface area contributed by atoms with E-state index in [0.29, 0.717) is 18.5 Å². The van der Waals surface area contributed by atoms with Crippen molar-refractivity contribution in [3.8, 4) is 0 Å². The van der Waals surface area contributed by atoms with Gasteiger partial charge in [0.2, 0.25) is 0 Å². The number of aryl methyl sites for hydroxylation is 1. The molecule has 2 heterocycles. The predicted molar refractivity (Wildman–Crippen MR) is 129 cm³/mol. The van der Waals surface area contributed by atoms with Crippen LogP contribution in [0.2, 0.25) is 0 Å². The van der Waals surface area contributed by atoms with Crippen LogP contribution in [0, 0.1) is 0 Å². The highest BCUT2D eigenvalue weighted by Gasteiger charge is 2.28. The molecule has 1 aliphatic carbocycles. The first kappa shape index (κ1) is 20.9. The lowest BCUT2D eigenvalue weighted by molar-refractivity contribution is 0.157. The number of nitrogens with zero attached hydrogens (tertiary/aromatic N) is 3. The number of aromatic amines is 1. The summed E-state index contributed by atoms with van der Waals surface area (Å²) in [5.74, 6) is 1.36. The molecular weight excluding hydrogens is 394 g/mol. The molecule has 0 fully saturated rings. The van der Waals surface area contributed by atoms with Crippen molar-refractivity contribution < 1.29 is 0 Å². The van der Waals surface area contributed by atoms with Gasteiger partial charge in [0, 0.05) is 6.20 Å². The zero-order valence-electron chi connectivity index (χ0n) is 18.5. The molecule has 2 atom stereocenters. The monoisotopic (exact) mass is 425 g/mol. The summed E-state index contributed by atoms with van der Waals surface area (Å²) >= 11 is 0. The van der Waals surface area contributed by atoms with Crippen molar-refractivity contribution in [2.24, 2.45) is 5.73 Å². The van der Waals surface area contributed by atoms with Gasteiger partial charge in [-0.15, -0.1) is 0 Å². The fourth-order valence-corrected chi connectivity index (χ4v) is 5.03. The van der Waals surface area contributed by atoms with Crippen LogP contribution in [-0.4, -0.2) is 32.9 Å². The molecule has 164 valence electrons. The zero-order chi connectivity index (χ0) is 21.8. The van der Waals surface area contributed by atoms with E-state index in [4.69, 9.17) is 15.7 Å². The number of imidazole rings is 1. The van der Waals surface area contributed by atoms with E-state index < -0.39 is 0 Å². The Morgan fingerprint density at radius 3 is 2.72 bits per heavy atom. The summed E-state index contributed by atoms with van der Waals surface area (Å²) in [7, 11) is 0. The summed E-state index contributed by atoms with van der Waals surface area (Å²) in [4.78, 5) is 15.8.